The Morgan fingerprint density at radius 3 is 2.62 bits per heavy atom. The molecule has 1 aliphatic heterocycles. The molecule has 9 heteroatoms. The van der Waals surface area contributed by atoms with Crippen LogP contribution in [-0.4, -0.2) is 5.96 Å². The lowest BCUT2D eigenvalue weighted by Crippen LogP contribution is -2.29. The van der Waals surface area contributed by atoms with E-state index in [0.717, 1.165) is 12.1 Å². The topological polar surface area (TPSA) is 45.7 Å². The summed E-state index contributed by atoms with van der Waals surface area (Å²) < 4.78 is 50.0. The molecule has 0 amide bonds. The van der Waals surface area contributed by atoms with Crippen LogP contribution in [0.25, 0.3) is 0 Å². The number of hydrogen-bond donors (Lipinski definition) is 2. The molecule has 148 valence electrons. The zero-order valence-electron chi connectivity index (χ0n) is 14.7. The average molecular weight is 436 g/mol. The summed E-state index contributed by atoms with van der Waals surface area (Å²) in [6.07, 6.45) is 0. The van der Waals surface area contributed by atoms with Crippen molar-refractivity contribution >= 4 is 35.2 Å². The van der Waals surface area contributed by atoms with Crippen LogP contribution in [0.5, 0.6) is 11.5 Å². The molecule has 0 aromatic heterocycles. The molecule has 4 nitrogen and oxygen atoms in total. The van der Waals surface area contributed by atoms with E-state index in [1.54, 1.807) is 30.3 Å². The first-order chi connectivity index (χ1) is 14.0. The lowest BCUT2D eigenvalue weighted by molar-refractivity contribution is 0.443. The fourth-order valence-electron chi connectivity index (χ4n) is 2.61. The quantitative estimate of drug-likeness (QED) is 0.484. The predicted octanol–water partition coefficient (Wildman–Crippen LogP) is 6.13. The number of anilines is 1. The molecular formula is C20H13ClF3N3OS. The van der Waals surface area contributed by atoms with Gasteiger partial charge in [-0.1, -0.05) is 29.8 Å². The Balaban J connectivity index is 1.61. The van der Waals surface area contributed by atoms with Crippen LogP contribution in [0.15, 0.2) is 64.5 Å². The van der Waals surface area contributed by atoms with Crippen molar-refractivity contribution < 1.29 is 17.9 Å². The fraction of sp³-hybridized carbons (Fsp3) is 0.0500. The van der Waals surface area contributed by atoms with Crippen LogP contribution in [-0.2, 0) is 6.54 Å². The summed E-state index contributed by atoms with van der Waals surface area (Å²) in [6, 6.07) is 12.9. The molecule has 0 atom stereocenters. The Labute approximate surface area is 173 Å². The van der Waals surface area contributed by atoms with Crippen molar-refractivity contribution in [3.8, 4) is 11.5 Å². The number of fused-ring (bicyclic) bond motifs is 1. The molecule has 3 aromatic rings. The van der Waals surface area contributed by atoms with E-state index in [2.05, 4.69) is 15.0 Å². The van der Waals surface area contributed by atoms with Crippen LogP contribution in [0.2, 0.25) is 5.02 Å². The molecule has 0 aliphatic carbocycles. The number of nitrogens with zero attached hydrogens (tertiary/aromatic N) is 1. The molecule has 0 saturated heterocycles. The molecule has 1 aliphatic rings. The molecule has 0 radical (unpaired) electrons. The van der Waals surface area contributed by atoms with Gasteiger partial charge in [0.25, 0.3) is 0 Å². The summed E-state index contributed by atoms with van der Waals surface area (Å²) in [5.41, 5.74) is 0.595. The molecule has 29 heavy (non-hydrogen) atoms. The minimum absolute atomic E-state index is 0.0344. The van der Waals surface area contributed by atoms with Crippen molar-refractivity contribution in [1.29, 1.82) is 0 Å². The van der Waals surface area contributed by atoms with Crippen molar-refractivity contribution in [1.82, 2.24) is 4.72 Å². The second-order valence-electron chi connectivity index (χ2n) is 6.01. The van der Waals surface area contributed by atoms with Gasteiger partial charge in [-0.3, -0.25) is 4.72 Å². The average Bonchev–Trinajstić information content (AvgIpc) is 2.71. The van der Waals surface area contributed by atoms with E-state index >= 15 is 0 Å². The van der Waals surface area contributed by atoms with Gasteiger partial charge in [0.15, 0.2) is 11.6 Å². The van der Waals surface area contributed by atoms with Crippen LogP contribution < -0.4 is 14.8 Å². The molecule has 0 unspecified atom stereocenters. The highest BCUT2D eigenvalue weighted by Gasteiger charge is 2.22. The third kappa shape index (κ3) is 4.28. The number of benzene rings is 3. The number of nitrogens with one attached hydrogen (secondary N) is 2. The highest BCUT2D eigenvalue weighted by Crippen LogP contribution is 2.42. The SMILES string of the molecule is Fc1ccc(CN=C2NSc3ccc(F)c(Oc4ccccc4Cl)c3N2)c(F)c1. The van der Waals surface area contributed by atoms with Crippen LogP contribution in [0, 0.1) is 17.5 Å². The fourth-order valence-corrected chi connectivity index (χ4v) is 3.49. The monoisotopic (exact) mass is 435 g/mol. The minimum Gasteiger partial charge on any atom is -0.450 e. The first kappa shape index (κ1) is 19.5. The van der Waals surface area contributed by atoms with Gasteiger partial charge in [0.1, 0.15) is 23.1 Å². The summed E-state index contributed by atoms with van der Waals surface area (Å²) in [6.45, 7) is -0.0344. The maximum absolute atomic E-state index is 14.5. The normalized spacial score (nSPS) is 14.1. The molecule has 0 bridgehead atoms. The zero-order chi connectivity index (χ0) is 20.4. The first-order valence-corrected chi connectivity index (χ1v) is 9.64. The molecule has 0 saturated carbocycles. The summed E-state index contributed by atoms with van der Waals surface area (Å²) in [5, 5.41) is 3.30. The van der Waals surface area contributed by atoms with Gasteiger partial charge < -0.3 is 10.1 Å². The molecule has 1 heterocycles. The molecule has 4 rings (SSSR count). The number of rotatable bonds is 4. The highest BCUT2D eigenvalue weighted by molar-refractivity contribution is 7.98. The van der Waals surface area contributed by atoms with E-state index in [9.17, 15) is 13.2 Å². The summed E-state index contributed by atoms with van der Waals surface area (Å²) in [5.74, 6) is -1.38. The van der Waals surface area contributed by atoms with E-state index in [1.807, 2.05) is 0 Å². The van der Waals surface area contributed by atoms with Crippen LogP contribution >= 0.6 is 23.5 Å². The standard InChI is InChI=1S/C20H13ClF3N3OS/c21-13-3-1-2-4-16(13)28-19-14(23)7-8-17-18(19)26-20(27-29-17)25-10-11-5-6-12(22)9-15(11)24/h1-9H,10H2,(H2,25,26,27). The first-order valence-electron chi connectivity index (χ1n) is 8.44. The number of guanidine groups is 1. The predicted molar refractivity (Wildman–Crippen MR) is 108 cm³/mol. The van der Waals surface area contributed by atoms with Crippen molar-refractivity contribution in [3.05, 3.63) is 82.6 Å². The second-order valence-corrected chi connectivity index (χ2v) is 7.27. The van der Waals surface area contributed by atoms with Gasteiger partial charge >= 0.3 is 0 Å². The van der Waals surface area contributed by atoms with Crippen LogP contribution in [0.1, 0.15) is 5.56 Å². The third-order valence-corrected chi connectivity index (χ3v) is 5.21. The zero-order valence-corrected chi connectivity index (χ0v) is 16.3. The molecule has 3 aromatic carbocycles. The molecule has 2 N–H and O–H groups in total. The van der Waals surface area contributed by atoms with Crippen LogP contribution in [0.3, 0.4) is 0 Å². The molecular weight excluding hydrogens is 423 g/mol. The minimum atomic E-state index is -0.688. The Morgan fingerprint density at radius 2 is 1.83 bits per heavy atom. The van der Waals surface area contributed by atoms with Gasteiger partial charge in [-0.25, -0.2) is 18.2 Å². The summed E-state index contributed by atoms with van der Waals surface area (Å²) in [4.78, 5) is 4.93. The lowest BCUT2D eigenvalue weighted by atomic mass is 10.2. The van der Waals surface area contributed by atoms with Gasteiger partial charge in [-0.15, -0.1) is 0 Å². The lowest BCUT2D eigenvalue weighted by Gasteiger charge is -2.23. The van der Waals surface area contributed by atoms with Crippen molar-refractivity contribution in [2.45, 2.75) is 11.4 Å². The Bertz CT molecular complexity index is 1110. The Hall–Kier alpha value is -2.84. The third-order valence-electron chi connectivity index (χ3n) is 4.04. The van der Waals surface area contributed by atoms with Crippen LogP contribution in [0.4, 0.5) is 18.9 Å². The Morgan fingerprint density at radius 1 is 1.00 bits per heavy atom. The van der Waals surface area contributed by atoms with Gasteiger partial charge in [0.05, 0.1) is 16.5 Å². The maximum atomic E-state index is 14.5. The van der Waals surface area contributed by atoms with Gasteiger partial charge in [-0.2, -0.15) is 0 Å². The number of para-hydroxylation sites is 1. The number of hydrogen-bond acceptors (Lipinski definition) is 3. The van der Waals surface area contributed by atoms with Gasteiger partial charge in [0.2, 0.25) is 5.96 Å². The Kier molecular flexibility index (Phi) is 5.55. The maximum Gasteiger partial charge on any atom is 0.206 e. The molecule has 0 fully saturated rings. The van der Waals surface area contributed by atoms with E-state index in [4.69, 9.17) is 16.3 Å². The van der Waals surface area contributed by atoms with Gasteiger partial charge in [-0.05, 0) is 42.3 Å². The van der Waals surface area contributed by atoms with Crippen molar-refractivity contribution in [2.24, 2.45) is 4.99 Å². The van der Waals surface area contributed by atoms with Crippen molar-refractivity contribution in [3.63, 3.8) is 0 Å². The number of halogens is 4. The van der Waals surface area contributed by atoms with Crippen molar-refractivity contribution in [2.75, 3.05) is 5.32 Å². The van der Waals surface area contributed by atoms with E-state index in [1.165, 1.54) is 24.1 Å². The summed E-state index contributed by atoms with van der Waals surface area (Å²) >= 11 is 7.31. The smallest absolute Gasteiger partial charge is 0.206 e. The highest BCUT2D eigenvalue weighted by atomic mass is 35.5. The van der Waals surface area contributed by atoms with E-state index in [0.29, 0.717) is 21.4 Å². The van der Waals surface area contributed by atoms with E-state index < -0.39 is 17.5 Å². The largest absolute Gasteiger partial charge is 0.450 e. The molecule has 0 spiro atoms. The number of ether oxygens (including phenoxy) is 1. The van der Waals surface area contributed by atoms with Gasteiger partial charge in [0, 0.05) is 11.6 Å². The van der Waals surface area contributed by atoms with E-state index in [-0.39, 0.29) is 23.8 Å². The summed E-state index contributed by atoms with van der Waals surface area (Å²) in [7, 11) is 0. The number of aliphatic imine (C=N–C) groups is 1. The second kappa shape index (κ2) is 8.26.